The first-order chi connectivity index (χ1) is 7.25. The average Bonchev–Trinajstić information content (AvgIpc) is 2.74. The van der Waals surface area contributed by atoms with Gasteiger partial charge in [0.1, 0.15) is 0 Å². The van der Waals surface area contributed by atoms with E-state index < -0.39 is 5.91 Å². The molecule has 0 fully saturated rings. The number of carbonyl (C=O) groups excluding carboxylic acids is 1. The van der Waals surface area contributed by atoms with E-state index in [9.17, 15) is 4.79 Å². The van der Waals surface area contributed by atoms with Crippen molar-refractivity contribution in [2.75, 3.05) is 5.32 Å². The molecule has 0 saturated heterocycles. The van der Waals surface area contributed by atoms with Crippen molar-refractivity contribution >= 4 is 23.3 Å². The van der Waals surface area contributed by atoms with Gasteiger partial charge in [-0.1, -0.05) is 11.6 Å². The Morgan fingerprint density at radius 1 is 1.40 bits per heavy atom. The van der Waals surface area contributed by atoms with Crippen LogP contribution in [0.5, 0.6) is 0 Å². The molecule has 7 nitrogen and oxygen atoms in total. The van der Waals surface area contributed by atoms with Gasteiger partial charge in [-0.25, -0.2) is 0 Å². The van der Waals surface area contributed by atoms with Crippen LogP contribution in [0, 0.1) is 0 Å². The molecule has 8 heteroatoms. The van der Waals surface area contributed by atoms with E-state index in [1.807, 2.05) is 0 Å². The molecule has 0 atom stereocenters. The topological polar surface area (TPSA) is 96.5 Å². The maximum absolute atomic E-state index is 11.4. The Balaban J connectivity index is 2.09. The smallest absolute Gasteiger partial charge is 0.279 e. The molecule has 2 aromatic heterocycles. The van der Waals surface area contributed by atoms with Crippen molar-refractivity contribution in [1.29, 1.82) is 0 Å². The lowest BCUT2D eigenvalue weighted by molar-refractivity contribution is 0.102. The number of anilines is 1. The normalized spacial score (nSPS) is 9.93. The average molecular weight is 225 g/mol. The molecule has 0 aliphatic carbocycles. The van der Waals surface area contributed by atoms with Crippen molar-refractivity contribution in [2.24, 2.45) is 0 Å². The van der Waals surface area contributed by atoms with E-state index in [0.29, 0.717) is 5.82 Å². The van der Waals surface area contributed by atoms with Gasteiger partial charge in [0.05, 0.1) is 6.20 Å². The number of carbonyl (C=O) groups is 1. The molecule has 0 bridgehead atoms. The molecule has 0 saturated carbocycles. The van der Waals surface area contributed by atoms with Crippen LogP contribution >= 0.6 is 11.6 Å². The predicted octanol–water partition coefficient (Wildman–Crippen LogP) is 0.500. The van der Waals surface area contributed by atoms with Crippen molar-refractivity contribution in [3.05, 3.63) is 29.2 Å². The number of halogens is 1. The SMILES string of the molecule is O=C(Nc1ccc(Cl)nn1)c1cn[nH]n1. The van der Waals surface area contributed by atoms with E-state index in [1.54, 1.807) is 0 Å². The van der Waals surface area contributed by atoms with Crippen LogP contribution in [0.1, 0.15) is 10.5 Å². The molecular weight excluding hydrogens is 220 g/mol. The molecule has 0 spiro atoms. The van der Waals surface area contributed by atoms with Gasteiger partial charge in [0.2, 0.25) is 0 Å². The van der Waals surface area contributed by atoms with Gasteiger partial charge in [0.25, 0.3) is 5.91 Å². The number of rotatable bonds is 2. The fourth-order valence-electron chi connectivity index (χ4n) is 0.874. The Morgan fingerprint density at radius 3 is 2.87 bits per heavy atom. The van der Waals surface area contributed by atoms with E-state index >= 15 is 0 Å². The van der Waals surface area contributed by atoms with Gasteiger partial charge in [-0.05, 0) is 12.1 Å². The molecular formula is C7H5ClN6O. The van der Waals surface area contributed by atoms with Crippen LogP contribution in [-0.2, 0) is 0 Å². The van der Waals surface area contributed by atoms with Gasteiger partial charge in [0.15, 0.2) is 16.7 Å². The lowest BCUT2D eigenvalue weighted by atomic mass is 10.4. The summed E-state index contributed by atoms with van der Waals surface area (Å²) in [6.45, 7) is 0. The van der Waals surface area contributed by atoms with Gasteiger partial charge >= 0.3 is 0 Å². The number of aromatic nitrogens is 5. The first kappa shape index (κ1) is 9.53. The molecule has 1 amide bonds. The highest BCUT2D eigenvalue weighted by atomic mass is 35.5. The largest absolute Gasteiger partial charge is 0.304 e. The molecule has 2 heterocycles. The molecule has 2 rings (SSSR count). The van der Waals surface area contributed by atoms with Crippen molar-refractivity contribution in [2.45, 2.75) is 0 Å². The Labute approximate surface area is 88.9 Å². The predicted molar refractivity (Wildman–Crippen MR) is 51.4 cm³/mol. The fourth-order valence-corrected chi connectivity index (χ4v) is 0.975. The van der Waals surface area contributed by atoms with Gasteiger partial charge < -0.3 is 5.32 Å². The van der Waals surface area contributed by atoms with Gasteiger partial charge in [0, 0.05) is 0 Å². The summed E-state index contributed by atoms with van der Waals surface area (Å²) in [6.07, 6.45) is 1.30. The highest BCUT2D eigenvalue weighted by Gasteiger charge is 2.09. The van der Waals surface area contributed by atoms with Crippen molar-refractivity contribution < 1.29 is 4.79 Å². The van der Waals surface area contributed by atoms with Crippen LogP contribution in [0.25, 0.3) is 0 Å². The third-order valence-corrected chi connectivity index (χ3v) is 1.72. The molecule has 76 valence electrons. The van der Waals surface area contributed by atoms with Gasteiger partial charge in [-0.15, -0.1) is 10.2 Å². The summed E-state index contributed by atoms with van der Waals surface area (Å²) in [5.41, 5.74) is 0.173. The second kappa shape index (κ2) is 4.01. The molecule has 15 heavy (non-hydrogen) atoms. The Kier molecular flexibility index (Phi) is 2.55. The molecule has 2 N–H and O–H groups in total. The summed E-state index contributed by atoms with van der Waals surface area (Å²) in [5.74, 6) is -0.118. The minimum absolute atomic E-state index is 0.173. The summed E-state index contributed by atoms with van der Waals surface area (Å²) >= 11 is 5.53. The fraction of sp³-hybridized carbons (Fsp3) is 0. The minimum atomic E-state index is -0.416. The first-order valence-electron chi connectivity index (χ1n) is 3.92. The third kappa shape index (κ3) is 2.26. The minimum Gasteiger partial charge on any atom is -0.304 e. The van der Waals surface area contributed by atoms with E-state index in [2.05, 4.69) is 30.9 Å². The number of hydrogen-bond donors (Lipinski definition) is 2. The summed E-state index contributed by atoms with van der Waals surface area (Å²) in [4.78, 5) is 11.4. The van der Waals surface area contributed by atoms with E-state index in [1.165, 1.54) is 18.3 Å². The second-order valence-electron chi connectivity index (χ2n) is 2.55. The van der Waals surface area contributed by atoms with Gasteiger partial charge in [-0.2, -0.15) is 15.4 Å². The van der Waals surface area contributed by atoms with Crippen molar-refractivity contribution in [1.82, 2.24) is 25.6 Å². The Hall–Kier alpha value is -2.02. The van der Waals surface area contributed by atoms with Crippen LogP contribution in [-0.4, -0.2) is 31.5 Å². The first-order valence-corrected chi connectivity index (χ1v) is 4.30. The quantitative estimate of drug-likeness (QED) is 0.774. The highest BCUT2D eigenvalue weighted by Crippen LogP contribution is 2.06. The van der Waals surface area contributed by atoms with Crippen molar-refractivity contribution in [3.8, 4) is 0 Å². The van der Waals surface area contributed by atoms with Crippen molar-refractivity contribution in [3.63, 3.8) is 0 Å². The van der Waals surface area contributed by atoms with E-state index in [-0.39, 0.29) is 10.8 Å². The zero-order valence-corrected chi connectivity index (χ0v) is 8.06. The summed E-state index contributed by atoms with van der Waals surface area (Å²) < 4.78 is 0. The second-order valence-corrected chi connectivity index (χ2v) is 2.94. The number of hydrogen-bond acceptors (Lipinski definition) is 5. The molecule has 0 aromatic carbocycles. The highest BCUT2D eigenvalue weighted by molar-refractivity contribution is 6.29. The Bertz CT molecular complexity index is 453. The van der Waals surface area contributed by atoms with Crippen LogP contribution in [0.2, 0.25) is 5.15 Å². The van der Waals surface area contributed by atoms with Crippen LogP contribution in [0.3, 0.4) is 0 Å². The molecule has 0 radical (unpaired) electrons. The molecule has 0 aliphatic rings. The number of H-pyrrole nitrogens is 1. The van der Waals surface area contributed by atoms with Crippen LogP contribution in [0.15, 0.2) is 18.3 Å². The Morgan fingerprint density at radius 2 is 2.27 bits per heavy atom. The lowest BCUT2D eigenvalue weighted by Crippen LogP contribution is -2.13. The van der Waals surface area contributed by atoms with E-state index in [0.717, 1.165) is 0 Å². The standard InChI is InChI=1S/C7H5ClN6O/c8-5-1-2-6(13-12-5)10-7(15)4-3-9-14-11-4/h1-3H,(H,9,11,14)(H,10,13,15). The molecule has 0 aliphatic heterocycles. The maximum Gasteiger partial charge on any atom is 0.279 e. The summed E-state index contributed by atoms with van der Waals surface area (Å²) in [6, 6.07) is 3.06. The summed E-state index contributed by atoms with van der Waals surface area (Å²) in [7, 11) is 0. The van der Waals surface area contributed by atoms with Gasteiger partial charge in [-0.3, -0.25) is 4.79 Å². The number of nitrogens with zero attached hydrogens (tertiary/aromatic N) is 4. The van der Waals surface area contributed by atoms with Crippen LogP contribution < -0.4 is 5.32 Å². The molecule has 2 aromatic rings. The number of aromatic amines is 1. The third-order valence-electron chi connectivity index (χ3n) is 1.52. The van der Waals surface area contributed by atoms with E-state index in [4.69, 9.17) is 11.6 Å². The monoisotopic (exact) mass is 224 g/mol. The maximum atomic E-state index is 11.4. The van der Waals surface area contributed by atoms with Crippen LogP contribution in [0.4, 0.5) is 5.82 Å². The zero-order chi connectivity index (χ0) is 10.7. The number of amides is 1. The molecule has 0 unspecified atom stereocenters. The summed E-state index contributed by atoms with van der Waals surface area (Å²) in [5, 5.41) is 19.4. The zero-order valence-electron chi connectivity index (χ0n) is 7.31. The number of nitrogens with one attached hydrogen (secondary N) is 2. The lowest BCUT2D eigenvalue weighted by Gasteiger charge is -1.99.